The molecule has 3 nitrogen and oxygen atoms in total. The maximum absolute atomic E-state index is 12.3. The first-order valence-corrected chi connectivity index (χ1v) is 10.1. The SMILES string of the molecule is Cc1ccc(C2=C/C(=C\c3ccc(OCc4ccccc4Cl)cc3)C(=O)O2)c(C)c1. The van der Waals surface area contributed by atoms with Crippen LogP contribution in [0.3, 0.4) is 0 Å². The molecule has 0 aliphatic carbocycles. The zero-order valence-corrected chi connectivity index (χ0v) is 17.6. The van der Waals surface area contributed by atoms with Crippen LogP contribution in [0.15, 0.2) is 78.4 Å². The van der Waals surface area contributed by atoms with E-state index in [4.69, 9.17) is 21.1 Å². The van der Waals surface area contributed by atoms with Gasteiger partial charge in [0.25, 0.3) is 0 Å². The van der Waals surface area contributed by atoms with Crippen LogP contribution in [-0.2, 0) is 16.1 Å². The van der Waals surface area contributed by atoms with Gasteiger partial charge in [0.1, 0.15) is 18.1 Å². The Kier molecular flexibility index (Phi) is 5.73. The van der Waals surface area contributed by atoms with Gasteiger partial charge in [0.05, 0.1) is 5.57 Å². The van der Waals surface area contributed by atoms with Crippen molar-refractivity contribution in [1.29, 1.82) is 0 Å². The van der Waals surface area contributed by atoms with Crippen molar-refractivity contribution in [1.82, 2.24) is 0 Å². The summed E-state index contributed by atoms with van der Waals surface area (Å²) in [7, 11) is 0. The second-order valence-electron chi connectivity index (χ2n) is 7.27. The van der Waals surface area contributed by atoms with E-state index >= 15 is 0 Å². The maximum atomic E-state index is 12.3. The fraction of sp³-hybridized carbons (Fsp3) is 0.115. The number of hydrogen-bond acceptors (Lipinski definition) is 3. The number of halogens is 1. The molecule has 0 saturated heterocycles. The number of esters is 1. The Balaban J connectivity index is 1.48. The number of cyclic esters (lactones) is 1. The van der Waals surface area contributed by atoms with E-state index in [1.54, 1.807) is 6.08 Å². The third-order valence-electron chi connectivity index (χ3n) is 4.93. The maximum Gasteiger partial charge on any atom is 0.343 e. The summed E-state index contributed by atoms with van der Waals surface area (Å²) in [6.07, 6.45) is 3.61. The Hall–Kier alpha value is -3.30. The van der Waals surface area contributed by atoms with Gasteiger partial charge in [-0.25, -0.2) is 4.79 Å². The number of ether oxygens (including phenoxy) is 2. The zero-order chi connectivity index (χ0) is 21.1. The Bertz CT molecular complexity index is 1160. The van der Waals surface area contributed by atoms with Crippen molar-refractivity contribution in [3.63, 3.8) is 0 Å². The highest BCUT2D eigenvalue weighted by atomic mass is 35.5. The van der Waals surface area contributed by atoms with E-state index in [0.717, 1.165) is 28.0 Å². The molecule has 0 saturated carbocycles. The molecule has 1 aliphatic rings. The predicted molar refractivity (Wildman–Crippen MR) is 120 cm³/mol. The molecule has 0 aromatic heterocycles. The molecule has 0 radical (unpaired) electrons. The Morgan fingerprint density at radius 2 is 1.77 bits per heavy atom. The van der Waals surface area contributed by atoms with Crippen LogP contribution in [0.25, 0.3) is 11.8 Å². The number of rotatable bonds is 5. The van der Waals surface area contributed by atoms with Crippen LogP contribution in [0, 0.1) is 13.8 Å². The minimum Gasteiger partial charge on any atom is -0.489 e. The van der Waals surface area contributed by atoms with Gasteiger partial charge in [0, 0.05) is 16.1 Å². The Labute approximate surface area is 181 Å². The summed E-state index contributed by atoms with van der Waals surface area (Å²) in [4.78, 5) is 12.3. The Morgan fingerprint density at radius 1 is 1.00 bits per heavy atom. The molecule has 0 atom stereocenters. The van der Waals surface area contributed by atoms with E-state index in [1.165, 1.54) is 5.56 Å². The summed E-state index contributed by atoms with van der Waals surface area (Å²) in [5.74, 6) is 0.977. The van der Waals surface area contributed by atoms with Crippen molar-refractivity contribution in [2.75, 3.05) is 0 Å². The molecule has 0 amide bonds. The van der Waals surface area contributed by atoms with E-state index in [1.807, 2.05) is 80.6 Å². The Morgan fingerprint density at radius 3 is 2.50 bits per heavy atom. The molecule has 0 unspecified atom stereocenters. The van der Waals surface area contributed by atoms with Crippen molar-refractivity contribution in [3.8, 4) is 5.75 Å². The molecule has 0 bridgehead atoms. The lowest BCUT2D eigenvalue weighted by Crippen LogP contribution is -1.98. The highest BCUT2D eigenvalue weighted by Gasteiger charge is 2.23. The fourth-order valence-electron chi connectivity index (χ4n) is 3.33. The first-order chi connectivity index (χ1) is 14.5. The van der Waals surface area contributed by atoms with Gasteiger partial charge in [0.2, 0.25) is 0 Å². The van der Waals surface area contributed by atoms with Crippen molar-refractivity contribution < 1.29 is 14.3 Å². The molecule has 4 heteroatoms. The summed E-state index contributed by atoms with van der Waals surface area (Å²) >= 11 is 6.16. The predicted octanol–water partition coefficient (Wildman–Crippen LogP) is 6.52. The third-order valence-corrected chi connectivity index (χ3v) is 5.30. The van der Waals surface area contributed by atoms with E-state index < -0.39 is 0 Å². The molecule has 4 rings (SSSR count). The zero-order valence-electron chi connectivity index (χ0n) is 16.8. The lowest BCUT2D eigenvalue weighted by molar-refractivity contribution is -0.130. The van der Waals surface area contributed by atoms with Crippen LogP contribution < -0.4 is 4.74 Å². The molecule has 3 aromatic rings. The number of hydrogen-bond donors (Lipinski definition) is 0. The van der Waals surface area contributed by atoms with Crippen LogP contribution in [0.1, 0.15) is 27.8 Å². The van der Waals surface area contributed by atoms with Crippen molar-refractivity contribution in [2.45, 2.75) is 20.5 Å². The van der Waals surface area contributed by atoms with E-state index in [-0.39, 0.29) is 5.97 Å². The smallest absolute Gasteiger partial charge is 0.343 e. The summed E-state index contributed by atoms with van der Waals surface area (Å²) < 4.78 is 11.3. The summed E-state index contributed by atoms with van der Waals surface area (Å²) in [5, 5.41) is 0.685. The number of carbonyl (C=O) groups excluding carboxylic acids is 1. The highest BCUT2D eigenvalue weighted by Crippen LogP contribution is 2.30. The lowest BCUT2D eigenvalue weighted by Gasteiger charge is -2.08. The molecule has 0 N–H and O–H groups in total. The van der Waals surface area contributed by atoms with Crippen molar-refractivity contribution >= 4 is 29.4 Å². The first kappa shape index (κ1) is 20.0. The molecule has 30 heavy (non-hydrogen) atoms. The quantitative estimate of drug-likeness (QED) is 0.351. The molecular formula is C26H21ClO3. The molecule has 3 aromatic carbocycles. The summed E-state index contributed by atoms with van der Waals surface area (Å²) in [6, 6.07) is 21.2. The van der Waals surface area contributed by atoms with E-state index in [2.05, 4.69) is 6.07 Å². The largest absolute Gasteiger partial charge is 0.489 e. The highest BCUT2D eigenvalue weighted by molar-refractivity contribution is 6.31. The second kappa shape index (κ2) is 8.60. The van der Waals surface area contributed by atoms with Gasteiger partial charge in [-0.1, -0.05) is 65.7 Å². The standard InChI is InChI=1S/C26H21ClO3/c1-17-7-12-23(18(2)13-17)25-15-21(26(28)30-25)14-19-8-10-22(11-9-19)29-16-20-5-3-4-6-24(20)27/h3-15H,16H2,1-2H3/b21-14+. The van der Waals surface area contributed by atoms with Crippen molar-refractivity contribution in [2.24, 2.45) is 0 Å². The molecule has 0 fully saturated rings. The van der Waals surface area contributed by atoms with Crippen LogP contribution in [0.2, 0.25) is 5.02 Å². The summed E-state index contributed by atoms with van der Waals surface area (Å²) in [5.41, 5.74) is 5.53. The van der Waals surface area contributed by atoms with Crippen LogP contribution in [0.5, 0.6) is 5.75 Å². The average molecular weight is 417 g/mol. The molecule has 150 valence electrons. The molecule has 1 aliphatic heterocycles. The van der Waals surface area contributed by atoms with E-state index in [0.29, 0.717) is 23.0 Å². The van der Waals surface area contributed by atoms with Gasteiger partial charge in [-0.3, -0.25) is 0 Å². The third kappa shape index (κ3) is 4.47. The van der Waals surface area contributed by atoms with Gasteiger partial charge in [-0.15, -0.1) is 0 Å². The van der Waals surface area contributed by atoms with Crippen LogP contribution in [-0.4, -0.2) is 5.97 Å². The average Bonchev–Trinajstić information content (AvgIpc) is 3.08. The van der Waals surface area contributed by atoms with Crippen molar-refractivity contribution in [3.05, 3.63) is 111 Å². The van der Waals surface area contributed by atoms with E-state index in [9.17, 15) is 4.79 Å². The van der Waals surface area contributed by atoms with Crippen LogP contribution >= 0.6 is 11.6 Å². The van der Waals surface area contributed by atoms with Gasteiger partial charge >= 0.3 is 5.97 Å². The van der Waals surface area contributed by atoms with Crippen LogP contribution in [0.4, 0.5) is 0 Å². The number of aryl methyl sites for hydroxylation is 2. The lowest BCUT2D eigenvalue weighted by atomic mass is 10.0. The molecule has 1 heterocycles. The second-order valence-corrected chi connectivity index (χ2v) is 7.67. The molecule has 0 spiro atoms. The monoisotopic (exact) mass is 416 g/mol. The van der Waals surface area contributed by atoms with Gasteiger partial charge in [-0.05, 0) is 55.3 Å². The normalized spacial score (nSPS) is 14.6. The van der Waals surface area contributed by atoms with Gasteiger partial charge < -0.3 is 9.47 Å². The topological polar surface area (TPSA) is 35.5 Å². The minimum absolute atomic E-state index is 0.343. The first-order valence-electron chi connectivity index (χ1n) is 9.69. The van der Waals surface area contributed by atoms with Gasteiger partial charge in [-0.2, -0.15) is 0 Å². The molecular weight excluding hydrogens is 396 g/mol. The van der Waals surface area contributed by atoms with Gasteiger partial charge in [0.15, 0.2) is 0 Å². The minimum atomic E-state index is -0.343. The number of carbonyl (C=O) groups is 1. The fourth-order valence-corrected chi connectivity index (χ4v) is 3.52. The summed E-state index contributed by atoms with van der Waals surface area (Å²) in [6.45, 7) is 4.45. The number of benzene rings is 3.